The highest BCUT2D eigenvalue weighted by molar-refractivity contribution is 6.07. The molecule has 0 aromatic heterocycles. The van der Waals surface area contributed by atoms with E-state index in [1.807, 2.05) is 6.08 Å². The van der Waals surface area contributed by atoms with Crippen molar-refractivity contribution in [1.82, 2.24) is 0 Å². The van der Waals surface area contributed by atoms with Gasteiger partial charge in [-0.3, -0.25) is 0 Å². The van der Waals surface area contributed by atoms with Gasteiger partial charge in [-0.15, -0.1) is 6.58 Å². The fraction of sp³-hybridized carbons (Fsp3) is 0.343. The summed E-state index contributed by atoms with van der Waals surface area (Å²) in [7, 11) is 0. The van der Waals surface area contributed by atoms with E-state index in [1.165, 1.54) is 63.1 Å². The molecule has 0 atom stereocenters. The van der Waals surface area contributed by atoms with E-state index in [9.17, 15) is 0 Å². The van der Waals surface area contributed by atoms with E-state index < -0.39 is 0 Å². The number of nitrogens with zero attached hydrogens (tertiary/aromatic N) is 2. The summed E-state index contributed by atoms with van der Waals surface area (Å²) in [5.41, 5.74) is 9.37. The fourth-order valence-corrected chi connectivity index (χ4v) is 6.44. The topological polar surface area (TPSA) is 6.25 Å². The van der Waals surface area contributed by atoms with Gasteiger partial charge in [0, 0.05) is 47.5 Å². The summed E-state index contributed by atoms with van der Waals surface area (Å²) in [5, 5.41) is 2.69. The zero-order valence-corrected chi connectivity index (χ0v) is 23.4. The molecule has 2 nitrogen and oxygen atoms in total. The van der Waals surface area contributed by atoms with Crippen LogP contribution in [0.5, 0.6) is 0 Å². The van der Waals surface area contributed by atoms with E-state index in [-0.39, 0.29) is 10.8 Å². The number of rotatable bonds is 7. The van der Waals surface area contributed by atoms with Gasteiger partial charge in [-0.1, -0.05) is 81.3 Å². The third kappa shape index (κ3) is 4.07. The first-order chi connectivity index (χ1) is 17.7. The van der Waals surface area contributed by atoms with Gasteiger partial charge < -0.3 is 4.90 Å². The highest BCUT2D eigenvalue weighted by atomic mass is 15.2. The summed E-state index contributed by atoms with van der Waals surface area (Å²) in [5.74, 6) is 0. The summed E-state index contributed by atoms with van der Waals surface area (Å²) in [6, 6.07) is 20.3. The number of anilines is 1. The average Bonchev–Trinajstić information content (AvgIpc) is 3.22. The van der Waals surface area contributed by atoms with Crippen molar-refractivity contribution in [2.45, 2.75) is 65.2 Å². The molecular formula is C35H41N2+. The largest absolute Gasteiger partial charge is 0.340 e. The van der Waals surface area contributed by atoms with Crippen molar-refractivity contribution in [3.8, 4) is 0 Å². The highest BCUT2D eigenvalue weighted by Crippen LogP contribution is 2.48. The quantitative estimate of drug-likeness (QED) is 0.237. The van der Waals surface area contributed by atoms with E-state index >= 15 is 0 Å². The van der Waals surface area contributed by atoms with Crippen molar-refractivity contribution in [2.24, 2.45) is 0 Å². The summed E-state index contributed by atoms with van der Waals surface area (Å²) < 4.78 is 2.57. The summed E-state index contributed by atoms with van der Waals surface area (Å²) in [6.45, 7) is 19.8. The SMILES string of the molecule is C=CCN1/C(=C\C=C\C2=[N+](CCCC)c3ccc4ccccc4c3C2(C)C)C(C)(C)c2cc(C)ccc21. The van der Waals surface area contributed by atoms with Crippen LogP contribution >= 0.6 is 0 Å². The molecule has 3 aromatic carbocycles. The lowest BCUT2D eigenvalue weighted by molar-refractivity contribution is -0.438. The zero-order valence-electron chi connectivity index (χ0n) is 23.4. The minimum Gasteiger partial charge on any atom is -0.340 e. The molecule has 5 rings (SSSR count). The van der Waals surface area contributed by atoms with Crippen molar-refractivity contribution in [3.05, 3.63) is 108 Å². The predicted octanol–water partition coefficient (Wildman–Crippen LogP) is 8.75. The normalized spacial score (nSPS) is 18.8. The molecule has 2 aliphatic rings. The predicted molar refractivity (Wildman–Crippen MR) is 161 cm³/mol. The van der Waals surface area contributed by atoms with Crippen molar-refractivity contribution in [2.75, 3.05) is 18.0 Å². The Hall–Kier alpha value is -3.39. The molecule has 2 heterocycles. The van der Waals surface area contributed by atoms with Crippen molar-refractivity contribution in [1.29, 1.82) is 0 Å². The van der Waals surface area contributed by atoms with Crippen LogP contribution in [0.25, 0.3) is 10.8 Å². The molecule has 0 amide bonds. The monoisotopic (exact) mass is 489 g/mol. The van der Waals surface area contributed by atoms with Crippen LogP contribution in [0.15, 0.2) is 91.2 Å². The Morgan fingerprint density at radius 1 is 0.973 bits per heavy atom. The number of benzene rings is 3. The second kappa shape index (κ2) is 9.49. The van der Waals surface area contributed by atoms with E-state index in [1.54, 1.807) is 0 Å². The smallest absolute Gasteiger partial charge is 0.210 e. The Labute approximate surface area is 223 Å². The second-order valence-corrected chi connectivity index (χ2v) is 11.7. The first kappa shape index (κ1) is 25.3. The molecule has 3 aromatic rings. The lowest BCUT2D eigenvalue weighted by Gasteiger charge is -2.26. The first-order valence-corrected chi connectivity index (χ1v) is 13.8. The van der Waals surface area contributed by atoms with Crippen molar-refractivity contribution >= 4 is 27.9 Å². The van der Waals surface area contributed by atoms with E-state index in [4.69, 9.17) is 0 Å². The van der Waals surface area contributed by atoms with Gasteiger partial charge in [-0.2, -0.15) is 4.58 Å². The highest BCUT2D eigenvalue weighted by Gasteiger charge is 2.45. The summed E-state index contributed by atoms with van der Waals surface area (Å²) >= 11 is 0. The molecule has 2 heteroatoms. The lowest BCUT2D eigenvalue weighted by Crippen LogP contribution is -2.28. The number of fused-ring (bicyclic) bond motifs is 4. The van der Waals surface area contributed by atoms with Gasteiger partial charge in [0.1, 0.15) is 6.54 Å². The van der Waals surface area contributed by atoms with Crippen LogP contribution in [0, 0.1) is 6.92 Å². The number of aryl methyl sites for hydroxylation is 1. The van der Waals surface area contributed by atoms with Crippen LogP contribution in [0.4, 0.5) is 11.4 Å². The van der Waals surface area contributed by atoms with Crippen LogP contribution in [0.1, 0.15) is 64.2 Å². The lowest BCUT2D eigenvalue weighted by atomic mass is 9.79. The number of allylic oxidation sites excluding steroid dienone is 4. The molecule has 0 unspecified atom stereocenters. The summed E-state index contributed by atoms with van der Waals surface area (Å²) in [4.78, 5) is 2.42. The van der Waals surface area contributed by atoms with Crippen LogP contribution < -0.4 is 4.90 Å². The Morgan fingerprint density at radius 2 is 1.76 bits per heavy atom. The number of unbranched alkanes of at least 4 members (excludes halogenated alkanes) is 1. The molecule has 0 N–H and O–H groups in total. The number of hydrogen-bond acceptors (Lipinski definition) is 1. The van der Waals surface area contributed by atoms with Crippen LogP contribution in [0.3, 0.4) is 0 Å². The Bertz CT molecular complexity index is 1460. The molecule has 0 fully saturated rings. The number of hydrogen-bond donors (Lipinski definition) is 0. The maximum atomic E-state index is 4.05. The minimum atomic E-state index is -0.0784. The molecule has 0 saturated heterocycles. The van der Waals surface area contributed by atoms with E-state index in [2.05, 4.69) is 130 Å². The Kier molecular flexibility index (Phi) is 6.48. The average molecular weight is 490 g/mol. The van der Waals surface area contributed by atoms with Crippen LogP contribution in [-0.4, -0.2) is 23.4 Å². The maximum Gasteiger partial charge on any atom is 0.210 e. The molecule has 0 saturated carbocycles. The van der Waals surface area contributed by atoms with E-state index in [0.717, 1.165) is 13.1 Å². The summed E-state index contributed by atoms with van der Waals surface area (Å²) in [6.07, 6.45) is 11.4. The van der Waals surface area contributed by atoms with Gasteiger partial charge >= 0.3 is 0 Å². The second-order valence-electron chi connectivity index (χ2n) is 11.7. The minimum absolute atomic E-state index is 0.0639. The molecule has 190 valence electrons. The molecule has 0 spiro atoms. The van der Waals surface area contributed by atoms with Crippen LogP contribution in [-0.2, 0) is 10.8 Å². The third-order valence-corrected chi connectivity index (χ3v) is 8.36. The molecule has 0 radical (unpaired) electrons. The third-order valence-electron chi connectivity index (χ3n) is 8.36. The molecule has 2 aliphatic heterocycles. The van der Waals surface area contributed by atoms with Gasteiger partial charge in [-0.25, -0.2) is 0 Å². The standard InChI is InChI=1S/C35H41N2/c1-8-10-23-37-30-21-19-26-14-11-12-15-27(26)33(30)35(6,7)32(37)17-13-16-31-34(4,5)28-24-25(3)18-20-29(28)36(31)22-9-2/h9,11-21,24H,2,8,10,22-23H2,1,3-7H3/q+1. The Morgan fingerprint density at radius 3 is 2.51 bits per heavy atom. The first-order valence-electron chi connectivity index (χ1n) is 13.8. The molecule has 37 heavy (non-hydrogen) atoms. The van der Waals surface area contributed by atoms with Crippen LogP contribution in [0.2, 0.25) is 0 Å². The van der Waals surface area contributed by atoms with E-state index in [0.29, 0.717) is 0 Å². The zero-order chi connectivity index (χ0) is 26.4. The molecule has 0 aliphatic carbocycles. The fourth-order valence-electron chi connectivity index (χ4n) is 6.44. The Balaban J connectivity index is 1.60. The molecule has 0 bridgehead atoms. The van der Waals surface area contributed by atoms with Gasteiger partial charge in [-0.05, 0) is 55.3 Å². The van der Waals surface area contributed by atoms with Crippen molar-refractivity contribution in [3.63, 3.8) is 0 Å². The van der Waals surface area contributed by atoms with Gasteiger partial charge in [0.05, 0.1) is 5.41 Å². The molecular weight excluding hydrogens is 448 g/mol. The van der Waals surface area contributed by atoms with Gasteiger partial charge in [0.2, 0.25) is 5.69 Å². The van der Waals surface area contributed by atoms with Crippen molar-refractivity contribution < 1.29 is 4.58 Å². The maximum absolute atomic E-state index is 4.05. The van der Waals surface area contributed by atoms with Gasteiger partial charge in [0.15, 0.2) is 5.71 Å². The van der Waals surface area contributed by atoms with Gasteiger partial charge in [0.25, 0.3) is 0 Å².